The molecule has 0 heterocycles. The Kier molecular flexibility index (Phi) is 8.52. The van der Waals surface area contributed by atoms with Gasteiger partial charge in [0, 0.05) is 12.6 Å². The highest BCUT2D eigenvalue weighted by atomic mass is 16.5. The van der Waals surface area contributed by atoms with Crippen LogP contribution in [0.3, 0.4) is 0 Å². The molecule has 0 aliphatic carbocycles. The minimum Gasteiger partial charge on any atom is -0.469 e. The van der Waals surface area contributed by atoms with Crippen molar-refractivity contribution in [3.63, 3.8) is 0 Å². The molecule has 5 heteroatoms. The lowest BCUT2D eigenvalue weighted by molar-refractivity contribution is -0.140. The summed E-state index contributed by atoms with van der Waals surface area (Å²) in [7, 11) is 1.35. The van der Waals surface area contributed by atoms with Crippen molar-refractivity contribution in [1.82, 2.24) is 10.6 Å². The van der Waals surface area contributed by atoms with Crippen LogP contribution < -0.4 is 10.6 Å². The van der Waals surface area contributed by atoms with E-state index in [9.17, 15) is 9.59 Å². The molecule has 0 rings (SSSR count). The summed E-state index contributed by atoms with van der Waals surface area (Å²) in [6.07, 6.45) is 2.16. The molecule has 0 unspecified atom stereocenters. The van der Waals surface area contributed by atoms with Gasteiger partial charge in [-0.05, 0) is 12.8 Å². The summed E-state index contributed by atoms with van der Waals surface area (Å²) in [6.45, 7) is 4.79. The molecule has 16 heavy (non-hydrogen) atoms. The fraction of sp³-hybridized carbons (Fsp3) is 0.818. The molecule has 0 aliphatic heterocycles. The topological polar surface area (TPSA) is 67.4 Å². The van der Waals surface area contributed by atoms with Crippen LogP contribution in [0.4, 0.5) is 0 Å². The molecule has 1 amide bonds. The van der Waals surface area contributed by atoms with E-state index in [0.29, 0.717) is 6.54 Å². The predicted molar refractivity (Wildman–Crippen MR) is 62.0 cm³/mol. The van der Waals surface area contributed by atoms with E-state index in [1.165, 1.54) is 7.11 Å². The maximum Gasteiger partial charge on any atom is 0.306 e. The zero-order valence-corrected chi connectivity index (χ0v) is 10.3. The number of amides is 1. The van der Waals surface area contributed by atoms with E-state index in [2.05, 4.69) is 15.4 Å². The Balaban J connectivity index is 3.54. The summed E-state index contributed by atoms with van der Waals surface area (Å²) in [5, 5.41) is 5.79. The largest absolute Gasteiger partial charge is 0.469 e. The van der Waals surface area contributed by atoms with Gasteiger partial charge in [-0.2, -0.15) is 0 Å². The highest BCUT2D eigenvalue weighted by Gasteiger charge is 2.07. The molecule has 2 N–H and O–H groups in total. The van der Waals surface area contributed by atoms with Gasteiger partial charge in [0.15, 0.2) is 0 Å². The number of esters is 1. The van der Waals surface area contributed by atoms with E-state index < -0.39 is 0 Å². The molecule has 0 aromatic carbocycles. The van der Waals surface area contributed by atoms with Crippen molar-refractivity contribution in [3.05, 3.63) is 0 Å². The molecule has 0 saturated heterocycles. The third-order valence-electron chi connectivity index (χ3n) is 2.37. The highest BCUT2D eigenvalue weighted by molar-refractivity contribution is 5.78. The molecular weight excluding hydrogens is 208 g/mol. The zero-order valence-electron chi connectivity index (χ0n) is 10.3. The number of rotatable bonds is 8. The minimum absolute atomic E-state index is 0.0291. The van der Waals surface area contributed by atoms with Crippen LogP contribution >= 0.6 is 0 Å². The summed E-state index contributed by atoms with van der Waals surface area (Å²) in [5.41, 5.74) is 0. The van der Waals surface area contributed by atoms with Gasteiger partial charge in [-0.15, -0.1) is 0 Å². The fourth-order valence-corrected chi connectivity index (χ4v) is 1.27. The van der Waals surface area contributed by atoms with Crippen LogP contribution in [-0.2, 0) is 14.3 Å². The van der Waals surface area contributed by atoms with Crippen LogP contribution in [0.15, 0.2) is 0 Å². The molecule has 0 saturated carbocycles. The molecule has 0 aromatic heterocycles. The van der Waals surface area contributed by atoms with E-state index in [0.717, 1.165) is 12.8 Å². The van der Waals surface area contributed by atoms with Gasteiger partial charge in [-0.25, -0.2) is 0 Å². The molecule has 5 nitrogen and oxygen atoms in total. The van der Waals surface area contributed by atoms with E-state index in [-0.39, 0.29) is 30.9 Å². The first-order valence-corrected chi connectivity index (χ1v) is 5.70. The maximum atomic E-state index is 11.4. The molecule has 0 atom stereocenters. The Bertz CT molecular complexity index is 215. The smallest absolute Gasteiger partial charge is 0.306 e. The Morgan fingerprint density at radius 1 is 1.25 bits per heavy atom. The van der Waals surface area contributed by atoms with Gasteiger partial charge in [0.05, 0.1) is 20.1 Å². The number of hydrogen-bond acceptors (Lipinski definition) is 4. The van der Waals surface area contributed by atoms with Gasteiger partial charge >= 0.3 is 5.97 Å². The molecule has 94 valence electrons. The van der Waals surface area contributed by atoms with Gasteiger partial charge < -0.3 is 15.4 Å². The molecule has 0 aliphatic rings. The number of ether oxygens (including phenoxy) is 1. The van der Waals surface area contributed by atoms with Crippen LogP contribution in [0.2, 0.25) is 0 Å². The van der Waals surface area contributed by atoms with Gasteiger partial charge in [-0.3, -0.25) is 9.59 Å². The van der Waals surface area contributed by atoms with E-state index in [4.69, 9.17) is 0 Å². The second kappa shape index (κ2) is 9.15. The standard InChI is InChI=1S/C11H22N2O3/c1-4-9(5-2)13-10(14)8-12-7-6-11(15)16-3/h9,12H,4-8H2,1-3H3,(H,13,14). The first kappa shape index (κ1) is 14.9. The van der Waals surface area contributed by atoms with Crippen molar-refractivity contribution in [2.45, 2.75) is 39.2 Å². The number of carbonyl (C=O) groups is 2. The summed E-state index contributed by atoms with van der Waals surface area (Å²) in [5.74, 6) is -0.300. The molecule has 0 aromatic rings. The van der Waals surface area contributed by atoms with E-state index in [1.807, 2.05) is 13.8 Å². The summed E-state index contributed by atoms with van der Waals surface area (Å²) < 4.78 is 4.48. The Morgan fingerprint density at radius 2 is 1.88 bits per heavy atom. The second-order valence-corrected chi connectivity index (χ2v) is 3.58. The van der Waals surface area contributed by atoms with Crippen molar-refractivity contribution in [2.75, 3.05) is 20.2 Å². The molecule has 0 spiro atoms. The molecule has 0 fully saturated rings. The first-order chi connectivity index (χ1) is 7.63. The SMILES string of the molecule is CCC(CC)NC(=O)CNCCC(=O)OC. The second-order valence-electron chi connectivity index (χ2n) is 3.58. The monoisotopic (exact) mass is 230 g/mol. The van der Waals surface area contributed by atoms with E-state index in [1.54, 1.807) is 0 Å². The fourth-order valence-electron chi connectivity index (χ4n) is 1.27. The number of hydrogen-bond donors (Lipinski definition) is 2. The van der Waals surface area contributed by atoms with Crippen molar-refractivity contribution in [2.24, 2.45) is 0 Å². The van der Waals surface area contributed by atoms with Crippen molar-refractivity contribution in [3.8, 4) is 0 Å². The molecule has 0 radical (unpaired) electrons. The van der Waals surface area contributed by atoms with Crippen molar-refractivity contribution < 1.29 is 14.3 Å². The van der Waals surface area contributed by atoms with E-state index >= 15 is 0 Å². The normalized spacial score (nSPS) is 10.2. The Hall–Kier alpha value is -1.10. The molecule has 0 bridgehead atoms. The Morgan fingerprint density at radius 3 is 2.38 bits per heavy atom. The number of nitrogens with one attached hydrogen (secondary N) is 2. The van der Waals surface area contributed by atoms with Gasteiger partial charge in [0.25, 0.3) is 0 Å². The van der Waals surface area contributed by atoms with Gasteiger partial charge in [0.2, 0.25) is 5.91 Å². The minimum atomic E-state index is -0.270. The lowest BCUT2D eigenvalue weighted by atomic mass is 10.2. The van der Waals surface area contributed by atoms with Gasteiger partial charge in [0.1, 0.15) is 0 Å². The summed E-state index contributed by atoms with van der Waals surface area (Å²) in [4.78, 5) is 22.2. The van der Waals surface area contributed by atoms with Gasteiger partial charge in [-0.1, -0.05) is 13.8 Å². The van der Waals surface area contributed by atoms with Crippen molar-refractivity contribution >= 4 is 11.9 Å². The van der Waals surface area contributed by atoms with Crippen LogP contribution in [-0.4, -0.2) is 38.1 Å². The third-order valence-corrected chi connectivity index (χ3v) is 2.37. The summed E-state index contributed by atoms with van der Waals surface area (Å²) >= 11 is 0. The summed E-state index contributed by atoms with van der Waals surface area (Å²) in [6, 6.07) is 0.245. The molecular formula is C11H22N2O3. The first-order valence-electron chi connectivity index (χ1n) is 5.70. The quantitative estimate of drug-likeness (QED) is 0.469. The maximum absolute atomic E-state index is 11.4. The van der Waals surface area contributed by atoms with Crippen LogP contribution in [0.5, 0.6) is 0 Å². The highest BCUT2D eigenvalue weighted by Crippen LogP contribution is 1.94. The van der Waals surface area contributed by atoms with Crippen LogP contribution in [0.25, 0.3) is 0 Å². The van der Waals surface area contributed by atoms with Crippen molar-refractivity contribution in [1.29, 1.82) is 0 Å². The van der Waals surface area contributed by atoms with Crippen LogP contribution in [0, 0.1) is 0 Å². The average molecular weight is 230 g/mol. The number of carbonyl (C=O) groups excluding carboxylic acids is 2. The third kappa shape index (κ3) is 7.23. The zero-order chi connectivity index (χ0) is 12.4. The predicted octanol–water partition coefficient (Wildman–Crippen LogP) is 0.444. The average Bonchev–Trinajstić information content (AvgIpc) is 2.31. The lowest BCUT2D eigenvalue weighted by Gasteiger charge is -2.14. The van der Waals surface area contributed by atoms with Crippen LogP contribution in [0.1, 0.15) is 33.1 Å². The Labute approximate surface area is 96.9 Å². The number of methoxy groups -OCH3 is 1. The lowest BCUT2D eigenvalue weighted by Crippen LogP contribution is -2.40.